The summed E-state index contributed by atoms with van der Waals surface area (Å²) >= 11 is 0. The lowest BCUT2D eigenvalue weighted by Gasteiger charge is -2.36. The molecule has 20 heavy (non-hydrogen) atoms. The van der Waals surface area contributed by atoms with E-state index < -0.39 is 12.0 Å². The highest BCUT2D eigenvalue weighted by Crippen LogP contribution is 2.38. The number of amides is 1. The van der Waals surface area contributed by atoms with E-state index in [0.717, 1.165) is 32.1 Å². The molecule has 2 atom stereocenters. The number of nitrogens with two attached hydrogens (primary N) is 1. The quantitative estimate of drug-likeness (QED) is 0.665. The molecule has 5 heteroatoms. The average Bonchev–Trinajstić information content (AvgIpc) is 2.44. The first kappa shape index (κ1) is 17.0. The van der Waals surface area contributed by atoms with Crippen molar-refractivity contribution in [3.05, 3.63) is 0 Å². The van der Waals surface area contributed by atoms with Gasteiger partial charge in [-0.1, -0.05) is 39.5 Å². The van der Waals surface area contributed by atoms with Crippen LogP contribution in [0.5, 0.6) is 0 Å². The predicted molar refractivity (Wildman–Crippen MR) is 78.2 cm³/mol. The van der Waals surface area contributed by atoms with Gasteiger partial charge in [0.2, 0.25) is 5.91 Å². The molecule has 0 spiro atoms. The fourth-order valence-corrected chi connectivity index (χ4v) is 3.00. The first-order valence-corrected chi connectivity index (χ1v) is 7.66. The maximum atomic E-state index is 12.2. The molecule has 0 saturated heterocycles. The zero-order valence-corrected chi connectivity index (χ0v) is 12.7. The van der Waals surface area contributed by atoms with Gasteiger partial charge < -0.3 is 16.2 Å². The highest BCUT2D eigenvalue weighted by molar-refractivity contribution is 5.84. The van der Waals surface area contributed by atoms with E-state index in [0.29, 0.717) is 13.0 Å². The molecule has 0 bridgehead atoms. The minimum Gasteiger partial charge on any atom is -0.480 e. The summed E-state index contributed by atoms with van der Waals surface area (Å²) in [6.07, 6.45) is 6.43. The first-order chi connectivity index (χ1) is 9.44. The summed E-state index contributed by atoms with van der Waals surface area (Å²) in [5.74, 6) is -1.21. The van der Waals surface area contributed by atoms with E-state index in [1.165, 1.54) is 6.42 Å². The maximum Gasteiger partial charge on any atom is 0.326 e. The van der Waals surface area contributed by atoms with Crippen LogP contribution >= 0.6 is 0 Å². The van der Waals surface area contributed by atoms with Gasteiger partial charge in [0.15, 0.2) is 0 Å². The summed E-state index contributed by atoms with van der Waals surface area (Å²) < 4.78 is 0. The van der Waals surface area contributed by atoms with Gasteiger partial charge in [0, 0.05) is 6.42 Å². The summed E-state index contributed by atoms with van der Waals surface area (Å²) in [5.41, 5.74) is 5.74. The summed E-state index contributed by atoms with van der Waals surface area (Å²) in [6.45, 7) is 4.27. The van der Waals surface area contributed by atoms with Crippen LogP contribution in [0.2, 0.25) is 0 Å². The van der Waals surface area contributed by atoms with E-state index in [9.17, 15) is 14.7 Å². The Morgan fingerprint density at radius 3 is 2.35 bits per heavy atom. The Balaban J connectivity index is 2.62. The second-order valence-electron chi connectivity index (χ2n) is 6.21. The molecular formula is C15H28N2O3. The van der Waals surface area contributed by atoms with Crippen molar-refractivity contribution in [2.24, 2.45) is 17.1 Å². The van der Waals surface area contributed by atoms with Crippen LogP contribution in [0.3, 0.4) is 0 Å². The number of nitrogens with one attached hydrogen (secondary N) is 1. The number of aliphatic carboxylic acids is 1. The third-order valence-electron chi connectivity index (χ3n) is 4.68. The first-order valence-electron chi connectivity index (χ1n) is 7.66. The lowest BCUT2D eigenvalue weighted by atomic mass is 9.71. The molecule has 0 aromatic rings. The van der Waals surface area contributed by atoms with Gasteiger partial charge in [0.05, 0.1) is 0 Å². The van der Waals surface area contributed by atoms with Crippen molar-refractivity contribution in [1.82, 2.24) is 5.32 Å². The fraction of sp³-hybridized carbons (Fsp3) is 0.867. The number of rotatable bonds is 7. The fourth-order valence-electron chi connectivity index (χ4n) is 3.00. The molecule has 1 amide bonds. The molecule has 1 fully saturated rings. The zero-order valence-electron chi connectivity index (χ0n) is 12.7. The van der Waals surface area contributed by atoms with E-state index >= 15 is 0 Å². The molecule has 0 aromatic carbocycles. The van der Waals surface area contributed by atoms with E-state index in [1.54, 1.807) is 0 Å². The van der Waals surface area contributed by atoms with Crippen LogP contribution in [0.4, 0.5) is 0 Å². The van der Waals surface area contributed by atoms with Gasteiger partial charge in [0.25, 0.3) is 0 Å². The van der Waals surface area contributed by atoms with Crippen molar-refractivity contribution in [1.29, 1.82) is 0 Å². The molecule has 1 rings (SSSR count). The van der Waals surface area contributed by atoms with Crippen LogP contribution in [0.25, 0.3) is 0 Å². The maximum absolute atomic E-state index is 12.2. The van der Waals surface area contributed by atoms with Crippen molar-refractivity contribution in [2.75, 3.05) is 6.54 Å². The third-order valence-corrected chi connectivity index (χ3v) is 4.68. The Kier molecular flexibility index (Phi) is 6.46. The van der Waals surface area contributed by atoms with Crippen molar-refractivity contribution >= 4 is 11.9 Å². The van der Waals surface area contributed by atoms with Crippen molar-refractivity contribution in [3.8, 4) is 0 Å². The molecule has 116 valence electrons. The van der Waals surface area contributed by atoms with E-state index in [2.05, 4.69) is 5.32 Å². The molecule has 5 nitrogen and oxygen atoms in total. The summed E-state index contributed by atoms with van der Waals surface area (Å²) in [6, 6.07) is -0.800. The SMILES string of the molecule is CCC(C)[C@H](NC(=O)CC1(CN)CCCCC1)C(=O)O. The van der Waals surface area contributed by atoms with Crippen LogP contribution < -0.4 is 11.1 Å². The summed E-state index contributed by atoms with van der Waals surface area (Å²) in [5, 5.41) is 11.9. The monoisotopic (exact) mass is 284 g/mol. The summed E-state index contributed by atoms with van der Waals surface area (Å²) in [7, 11) is 0. The second-order valence-corrected chi connectivity index (χ2v) is 6.21. The number of carbonyl (C=O) groups is 2. The standard InChI is InChI=1S/C15H28N2O3/c1-3-11(2)13(14(19)20)17-12(18)9-15(10-16)7-5-4-6-8-15/h11,13H,3-10,16H2,1-2H3,(H,17,18)(H,19,20)/t11?,13-/m0/s1. The Labute approximate surface area is 121 Å². The number of hydrogen-bond acceptors (Lipinski definition) is 3. The Morgan fingerprint density at radius 2 is 1.90 bits per heavy atom. The van der Waals surface area contributed by atoms with Gasteiger partial charge in [-0.05, 0) is 30.7 Å². The Morgan fingerprint density at radius 1 is 1.30 bits per heavy atom. The topological polar surface area (TPSA) is 92.4 Å². The van der Waals surface area contributed by atoms with Crippen LogP contribution in [-0.4, -0.2) is 29.6 Å². The minimum atomic E-state index is -0.960. The van der Waals surface area contributed by atoms with Gasteiger partial charge in [-0.2, -0.15) is 0 Å². The van der Waals surface area contributed by atoms with Gasteiger partial charge in [0.1, 0.15) is 6.04 Å². The molecule has 0 heterocycles. The van der Waals surface area contributed by atoms with E-state index in [-0.39, 0.29) is 17.2 Å². The molecule has 0 aliphatic heterocycles. The van der Waals surface area contributed by atoms with Gasteiger partial charge in [-0.15, -0.1) is 0 Å². The molecule has 4 N–H and O–H groups in total. The highest BCUT2D eigenvalue weighted by Gasteiger charge is 2.34. The van der Waals surface area contributed by atoms with Crippen molar-refractivity contribution < 1.29 is 14.7 Å². The Bertz CT molecular complexity index is 338. The average molecular weight is 284 g/mol. The molecule has 1 saturated carbocycles. The minimum absolute atomic E-state index is 0.0726. The number of carboxylic acids is 1. The number of carbonyl (C=O) groups excluding carboxylic acids is 1. The highest BCUT2D eigenvalue weighted by atomic mass is 16.4. The van der Waals surface area contributed by atoms with Gasteiger partial charge >= 0.3 is 5.97 Å². The number of carboxylic acid groups (broad SMARTS) is 1. The number of hydrogen-bond donors (Lipinski definition) is 3. The zero-order chi connectivity index (χ0) is 15.2. The Hall–Kier alpha value is -1.10. The van der Waals surface area contributed by atoms with E-state index in [1.807, 2.05) is 13.8 Å². The largest absolute Gasteiger partial charge is 0.480 e. The van der Waals surface area contributed by atoms with Crippen molar-refractivity contribution in [2.45, 2.75) is 64.8 Å². The summed E-state index contributed by atoms with van der Waals surface area (Å²) in [4.78, 5) is 23.4. The lowest BCUT2D eigenvalue weighted by Crippen LogP contribution is -2.47. The van der Waals surface area contributed by atoms with Crippen LogP contribution in [-0.2, 0) is 9.59 Å². The normalized spacial score (nSPS) is 20.9. The molecule has 0 aromatic heterocycles. The second kappa shape index (κ2) is 7.62. The molecule has 1 aliphatic carbocycles. The molecule has 1 unspecified atom stereocenters. The molecule has 0 radical (unpaired) electrons. The van der Waals surface area contributed by atoms with Crippen LogP contribution in [0, 0.1) is 11.3 Å². The smallest absolute Gasteiger partial charge is 0.326 e. The predicted octanol–water partition coefficient (Wildman–Crippen LogP) is 1.90. The van der Waals surface area contributed by atoms with E-state index in [4.69, 9.17) is 5.73 Å². The molecular weight excluding hydrogens is 256 g/mol. The lowest BCUT2D eigenvalue weighted by molar-refractivity contribution is -0.143. The van der Waals surface area contributed by atoms with Gasteiger partial charge in [-0.3, -0.25) is 4.79 Å². The third kappa shape index (κ3) is 4.47. The van der Waals surface area contributed by atoms with Crippen molar-refractivity contribution in [3.63, 3.8) is 0 Å². The molecule has 1 aliphatic rings. The van der Waals surface area contributed by atoms with Gasteiger partial charge in [-0.25, -0.2) is 4.79 Å². The van der Waals surface area contributed by atoms with Crippen LogP contribution in [0.15, 0.2) is 0 Å². The van der Waals surface area contributed by atoms with Crippen LogP contribution in [0.1, 0.15) is 58.8 Å².